The van der Waals surface area contributed by atoms with Crippen molar-refractivity contribution in [2.24, 2.45) is 0 Å². The van der Waals surface area contributed by atoms with Gasteiger partial charge in [0.25, 0.3) is 11.5 Å². The molecular formula is C27H20ClN7O3S3. The van der Waals surface area contributed by atoms with E-state index in [0.717, 1.165) is 9.75 Å². The predicted octanol–water partition coefficient (Wildman–Crippen LogP) is 5.76. The summed E-state index contributed by atoms with van der Waals surface area (Å²) in [7, 11) is 1.50. The number of carbonyl (C=O) groups is 1. The molecule has 0 aromatic carbocycles. The first kappa shape index (κ1) is 27.0. The van der Waals surface area contributed by atoms with Crippen molar-refractivity contribution in [3.05, 3.63) is 102 Å². The first-order valence-electron chi connectivity index (χ1n) is 12.2. The quantitative estimate of drug-likeness (QED) is 0.217. The number of halogens is 1. The molecule has 0 aliphatic heterocycles. The number of nitrogens with zero attached hydrogens (tertiary/aromatic N) is 6. The van der Waals surface area contributed by atoms with Crippen LogP contribution in [-0.2, 0) is 13.1 Å². The number of ether oxygens (including phenoxy) is 1. The number of anilines is 1. The molecule has 6 aromatic heterocycles. The fraction of sp³-hybridized carbons (Fsp3) is 0.111. The number of carbonyl (C=O) groups excluding carboxylic acids is 1. The Morgan fingerprint density at radius 1 is 1.15 bits per heavy atom. The van der Waals surface area contributed by atoms with E-state index in [-0.39, 0.29) is 11.3 Å². The highest BCUT2D eigenvalue weighted by Crippen LogP contribution is 2.40. The molecule has 0 saturated carbocycles. The van der Waals surface area contributed by atoms with Crippen molar-refractivity contribution in [2.75, 3.05) is 12.4 Å². The highest BCUT2D eigenvalue weighted by atomic mass is 35.5. The van der Waals surface area contributed by atoms with E-state index in [0.29, 0.717) is 51.5 Å². The number of thiazole rings is 1. The molecule has 41 heavy (non-hydrogen) atoms. The molecule has 0 amide bonds. The Balaban J connectivity index is 1.53. The SMILES string of the molecule is COc1c(-c2ccn(Cc3cncs3)c(=O)c2-c2ccccn2)nn(C(=O)c2ccsn2)c1NCc1ccc(Cl)s1. The van der Waals surface area contributed by atoms with Crippen LogP contribution in [0.15, 0.2) is 76.7 Å². The topological polar surface area (TPSA) is 117 Å². The summed E-state index contributed by atoms with van der Waals surface area (Å²) in [5.41, 5.74) is 3.28. The van der Waals surface area contributed by atoms with Gasteiger partial charge >= 0.3 is 0 Å². The maximum atomic E-state index is 13.9. The van der Waals surface area contributed by atoms with Gasteiger partial charge in [0.05, 0.1) is 41.3 Å². The molecule has 0 spiro atoms. The van der Waals surface area contributed by atoms with Crippen LogP contribution >= 0.6 is 45.8 Å². The third-order valence-corrected chi connectivity index (χ3v) is 8.66. The van der Waals surface area contributed by atoms with Gasteiger partial charge in [-0.05, 0) is 47.9 Å². The maximum absolute atomic E-state index is 13.9. The van der Waals surface area contributed by atoms with Gasteiger partial charge in [-0.2, -0.15) is 14.2 Å². The van der Waals surface area contributed by atoms with Crippen molar-refractivity contribution < 1.29 is 9.53 Å². The third kappa shape index (κ3) is 5.44. The van der Waals surface area contributed by atoms with Crippen molar-refractivity contribution in [1.82, 2.24) is 28.7 Å². The lowest BCUT2D eigenvalue weighted by Crippen LogP contribution is -2.22. The molecule has 0 atom stereocenters. The van der Waals surface area contributed by atoms with Crippen molar-refractivity contribution in [3.63, 3.8) is 0 Å². The van der Waals surface area contributed by atoms with Gasteiger partial charge in [-0.15, -0.1) is 22.7 Å². The second-order valence-corrected chi connectivity index (χ2v) is 12.0. The monoisotopic (exact) mass is 621 g/mol. The first-order valence-corrected chi connectivity index (χ1v) is 15.1. The summed E-state index contributed by atoms with van der Waals surface area (Å²) >= 11 is 10.2. The standard InChI is InChI=1S/C27H20ClN7O3S3/c1-38-24-23(32-35(26(36)20-8-11-40-33-20)25(24)31-13-16-5-6-21(28)41-16)18-7-10-34(14-17-12-29-15-39-17)27(37)22(18)19-4-2-3-9-30-19/h2-12,15,31H,13-14H2,1H3. The first-order chi connectivity index (χ1) is 20.0. The number of pyridine rings is 2. The molecule has 1 N–H and O–H groups in total. The van der Waals surface area contributed by atoms with Crippen LogP contribution < -0.4 is 15.6 Å². The lowest BCUT2D eigenvalue weighted by atomic mass is 10.0. The van der Waals surface area contributed by atoms with E-state index in [1.54, 1.807) is 58.3 Å². The zero-order valence-corrected chi connectivity index (χ0v) is 24.6. The third-order valence-electron chi connectivity index (χ3n) is 6.11. The molecule has 6 rings (SSSR count). The average molecular weight is 622 g/mol. The van der Waals surface area contributed by atoms with Gasteiger partial charge in [0.15, 0.2) is 11.6 Å². The smallest absolute Gasteiger partial charge is 0.299 e. The number of nitrogens with one attached hydrogen (secondary N) is 1. The van der Waals surface area contributed by atoms with Gasteiger partial charge in [0.2, 0.25) is 0 Å². The number of hydrogen-bond acceptors (Lipinski definition) is 11. The maximum Gasteiger partial charge on any atom is 0.299 e. The molecule has 14 heteroatoms. The summed E-state index contributed by atoms with van der Waals surface area (Å²) in [4.78, 5) is 38.0. The van der Waals surface area contributed by atoms with Gasteiger partial charge in [-0.3, -0.25) is 19.6 Å². The van der Waals surface area contributed by atoms with Crippen LogP contribution in [0.2, 0.25) is 4.34 Å². The second kappa shape index (κ2) is 11.7. The van der Waals surface area contributed by atoms with Crippen LogP contribution in [0.25, 0.3) is 22.5 Å². The van der Waals surface area contributed by atoms with Gasteiger partial charge in [-0.1, -0.05) is 17.7 Å². The van der Waals surface area contributed by atoms with Gasteiger partial charge in [0.1, 0.15) is 11.4 Å². The summed E-state index contributed by atoms with van der Waals surface area (Å²) in [5, 5.41) is 9.70. The largest absolute Gasteiger partial charge is 0.491 e. The number of hydrogen-bond donors (Lipinski definition) is 1. The highest BCUT2D eigenvalue weighted by molar-refractivity contribution is 7.16. The molecule has 6 aromatic rings. The van der Waals surface area contributed by atoms with Gasteiger partial charge in [0, 0.05) is 39.3 Å². The average Bonchev–Trinajstić information content (AvgIpc) is 3.81. The van der Waals surface area contributed by atoms with Crippen LogP contribution in [0.3, 0.4) is 0 Å². The second-order valence-electron chi connectivity index (χ2n) is 8.61. The minimum atomic E-state index is -0.444. The summed E-state index contributed by atoms with van der Waals surface area (Å²) in [6.07, 6.45) is 5.06. The highest BCUT2D eigenvalue weighted by Gasteiger charge is 2.28. The Labute approximate surface area is 250 Å². The van der Waals surface area contributed by atoms with Crippen LogP contribution in [0.1, 0.15) is 20.2 Å². The summed E-state index contributed by atoms with van der Waals surface area (Å²) in [5.74, 6) is 0.180. The van der Waals surface area contributed by atoms with Crippen molar-refractivity contribution >= 4 is 57.5 Å². The van der Waals surface area contributed by atoms with Crippen LogP contribution in [0, 0.1) is 0 Å². The molecule has 0 aliphatic rings. The minimum absolute atomic E-state index is 0.235. The lowest BCUT2D eigenvalue weighted by Gasteiger charge is -2.12. The Kier molecular flexibility index (Phi) is 7.74. The Hall–Kier alpha value is -4.17. The van der Waals surface area contributed by atoms with E-state index >= 15 is 0 Å². The lowest BCUT2D eigenvalue weighted by molar-refractivity contribution is 0.0943. The van der Waals surface area contributed by atoms with Crippen LogP contribution in [0.4, 0.5) is 5.82 Å². The molecule has 0 radical (unpaired) electrons. The molecule has 0 aliphatic carbocycles. The normalized spacial score (nSPS) is 11.1. The van der Waals surface area contributed by atoms with Crippen LogP contribution in [-0.4, -0.2) is 41.7 Å². The predicted molar refractivity (Wildman–Crippen MR) is 161 cm³/mol. The fourth-order valence-electron chi connectivity index (χ4n) is 4.27. The molecule has 0 bridgehead atoms. The number of aromatic nitrogens is 6. The molecule has 10 nitrogen and oxygen atoms in total. The molecule has 0 unspecified atom stereocenters. The van der Waals surface area contributed by atoms with Gasteiger partial charge < -0.3 is 14.6 Å². The zero-order chi connectivity index (χ0) is 28.3. The fourth-order valence-corrected chi connectivity index (χ4v) is 6.39. The number of rotatable bonds is 9. The molecule has 206 valence electrons. The summed E-state index contributed by atoms with van der Waals surface area (Å²) in [6, 6.07) is 12.5. The minimum Gasteiger partial charge on any atom is -0.491 e. The Bertz CT molecular complexity index is 1860. The van der Waals surface area contributed by atoms with E-state index in [1.807, 2.05) is 18.2 Å². The van der Waals surface area contributed by atoms with E-state index in [9.17, 15) is 9.59 Å². The molecular weight excluding hydrogens is 602 g/mol. The molecule has 6 heterocycles. The summed E-state index contributed by atoms with van der Waals surface area (Å²) < 4.78 is 13.5. The summed E-state index contributed by atoms with van der Waals surface area (Å²) in [6.45, 7) is 0.723. The van der Waals surface area contributed by atoms with Crippen molar-refractivity contribution in [3.8, 4) is 28.3 Å². The van der Waals surface area contributed by atoms with E-state index in [1.165, 1.54) is 46.0 Å². The molecule has 0 saturated heterocycles. The van der Waals surface area contributed by atoms with Crippen molar-refractivity contribution in [1.29, 1.82) is 0 Å². The number of methoxy groups -OCH3 is 1. The number of thiophene rings is 1. The zero-order valence-electron chi connectivity index (χ0n) is 21.4. The van der Waals surface area contributed by atoms with E-state index in [4.69, 9.17) is 21.4 Å². The Morgan fingerprint density at radius 2 is 2.05 bits per heavy atom. The van der Waals surface area contributed by atoms with Gasteiger partial charge in [-0.25, -0.2) is 0 Å². The van der Waals surface area contributed by atoms with Crippen molar-refractivity contribution in [2.45, 2.75) is 13.1 Å². The Morgan fingerprint density at radius 3 is 2.73 bits per heavy atom. The van der Waals surface area contributed by atoms with Crippen LogP contribution in [0.5, 0.6) is 5.75 Å². The van der Waals surface area contributed by atoms with E-state index in [2.05, 4.69) is 19.7 Å². The van der Waals surface area contributed by atoms with E-state index < -0.39 is 5.91 Å². The molecule has 0 fully saturated rings.